The number of benzene rings is 1. The normalized spacial score (nSPS) is 15.8. The van der Waals surface area contributed by atoms with Crippen LogP contribution in [0.3, 0.4) is 0 Å². The molecular weight excluding hydrogens is 318 g/mol. The van der Waals surface area contributed by atoms with Crippen LogP contribution in [-0.4, -0.2) is 60.9 Å². The summed E-state index contributed by atoms with van der Waals surface area (Å²) < 4.78 is 0. The molecule has 1 aromatic carbocycles. The second-order valence-electron chi connectivity index (χ2n) is 5.37. The number of hydrogen-bond acceptors (Lipinski definition) is 5. The summed E-state index contributed by atoms with van der Waals surface area (Å²) in [5.74, 6) is -0.548. The number of carbonyl (C=O) groups excluding carboxylic acids is 2. The van der Waals surface area contributed by atoms with Gasteiger partial charge >= 0.3 is 0 Å². The first kappa shape index (κ1) is 17.2. The number of carbonyl (C=O) groups is 2. The molecule has 1 fully saturated rings. The number of rotatable bonds is 5. The Kier molecular flexibility index (Phi) is 5.93. The number of amides is 2. The summed E-state index contributed by atoms with van der Waals surface area (Å²) in [6.45, 7) is 3.21. The third-order valence-corrected chi connectivity index (χ3v) is 3.82. The van der Waals surface area contributed by atoms with E-state index in [-0.39, 0.29) is 24.9 Å². The molecular formula is C15H18ClN5O2. The van der Waals surface area contributed by atoms with Gasteiger partial charge in [0.2, 0.25) is 11.8 Å². The number of nitriles is 1. The van der Waals surface area contributed by atoms with Gasteiger partial charge in [0.1, 0.15) is 6.07 Å². The monoisotopic (exact) mass is 335 g/mol. The van der Waals surface area contributed by atoms with Gasteiger partial charge in [0, 0.05) is 31.2 Å². The standard InChI is InChI=1S/C15H18ClN5O2/c16-12-2-1-11(8-17)13(7-12)19-15(23)10-21-5-3-20(4-6-21)9-14(18)22/h1-2,7H,3-6,9-10H2,(H2,18,22)(H,19,23). The van der Waals surface area contributed by atoms with E-state index in [1.807, 2.05) is 15.9 Å². The van der Waals surface area contributed by atoms with Crippen molar-refractivity contribution < 1.29 is 9.59 Å². The van der Waals surface area contributed by atoms with Crippen LogP contribution in [0.4, 0.5) is 5.69 Å². The molecule has 7 nitrogen and oxygen atoms in total. The molecule has 0 spiro atoms. The van der Waals surface area contributed by atoms with Crippen LogP contribution in [-0.2, 0) is 9.59 Å². The molecule has 0 aliphatic carbocycles. The van der Waals surface area contributed by atoms with Gasteiger partial charge in [-0.3, -0.25) is 19.4 Å². The molecule has 0 bridgehead atoms. The van der Waals surface area contributed by atoms with Crippen LogP contribution in [0.5, 0.6) is 0 Å². The van der Waals surface area contributed by atoms with Crippen LogP contribution < -0.4 is 11.1 Å². The first-order valence-corrected chi connectivity index (χ1v) is 7.58. The van der Waals surface area contributed by atoms with Crippen LogP contribution in [0.2, 0.25) is 5.02 Å². The van der Waals surface area contributed by atoms with Crippen molar-refractivity contribution in [2.75, 3.05) is 44.6 Å². The molecule has 2 amide bonds. The van der Waals surface area contributed by atoms with Crippen molar-refractivity contribution >= 4 is 29.1 Å². The molecule has 1 saturated heterocycles. The summed E-state index contributed by atoms with van der Waals surface area (Å²) in [5, 5.41) is 12.2. The average Bonchev–Trinajstić information content (AvgIpc) is 2.49. The van der Waals surface area contributed by atoms with Gasteiger partial charge in [-0.2, -0.15) is 5.26 Å². The Labute approximate surface area is 139 Å². The lowest BCUT2D eigenvalue weighted by molar-refractivity contribution is -0.121. The fraction of sp³-hybridized carbons (Fsp3) is 0.400. The van der Waals surface area contributed by atoms with Crippen LogP contribution >= 0.6 is 11.6 Å². The lowest BCUT2D eigenvalue weighted by Crippen LogP contribution is -2.50. The van der Waals surface area contributed by atoms with Crippen molar-refractivity contribution in [2.45, 2.75) is 0 Å². The molecule has 1 aromatic rings. The predicted octanol–water partition coefficient (Wildman–Crippen LogP) is 0.253. The summed E-state index contributed by atoms with van der Waals surface area (Å²) in [6, 6.07) is 6.75. The molecule has 122 valence electrons. The minimum atomic E-state index is -0.346. The average molecular weight is 336 g/mol. The van der Waals surface area contributed by atoms with E-state index in [9.17, 15) is 9.59 Å². The van der Waals surface area contributed by atoms with Gasteiger partial charge in [-0.25, -0.2) is 0 Å². The van der Waals surface area contributed by atoms with E-state index >= 15 is 0 Å². The van der Waals surface area contributed by atoms with Crippen LogP contribution in [0.25, 0.3) is 0 Å². The first-order chi connectivity index (χ1) is 11.0. The number of nitrogens with two attached hydrogens (primary N) is 1. The van der Waals surface area contributed by atoms with Crippen molar-refractivity contribution in [3.63, 3.8) is 0 Å². The zero-order valence-corrected chi connectivity index (χ0v) is 13.3. The minimum absolute atomic E-state index is 0.202. The van der Waals surface area contributed by atoms with E-state index in [0.29, 0.717) is 42.5 Å². The minimum Gasteiger partial charge on any atom is -0.369 e. The van der Waals surface area contributed by atoms with Crippen molar-refractivity contribution in [3.8, 4) is 6.07 Å². The molecule has 0 aromatic heterocycles. The topological polar surface area (TPSA) is 102 Å². The summed E-state index contributed by atoms with van der Waals surface area (Å²) >= 11 is 5.89. The Morgan fingerprint density at radius 2 is 1.83 bits per heavy atom. The Bertz CT molecular complexity index is 635. The van der Waals surface area contributed by atoms with E-state index in [0.717, 1.165) is 0 Å². The van der Waals surface area contributed by atoms with Crippen molar-refractivity contribution in [1.82, 2.24) is 9.80 Å². The molecule has 0 saturated carbocycles. The zero-order chi connectivity index (χ0) is 16.8. The Morgan fingerprint density at radius 3 is 2.39 bits per heavy atom. The Hall–Kier alpha value is -2.14. The van der Waals surface area contributed by atoms with E-state index in [1.54, 1.807) is 18.2 Å². The van der Waals surface area contributed by atoms with Crippen LogP contribution in [0.15, 0.2) is 18.2 Å². The molecule has 23 heavy (non-hydrogen) atoms. The summed E-state index contributed by atoms with van der Waals surface area (Å²) in [7, 11) is 0. The van der Waals surface area contributed by atoms with Gasteiger partial charge in [-0.15, -0.1) is 0 Å². The fourth-order valence-electron chi connectivity index (χ4n) is 2.44. The maximum absolute atomic E-state index is 12.1. The highest BCUT2D eigenvalue weighted by molar-refractivity contribution is 6.31. The fourth-order valence-corrected chi connectivity index (χ4v) is 2.61. The number of piperazine rings is 1. The SMILES string of the molecule is N#Cc1ccc(Cl)cc1NC(=O)CN1CCN(CC(N)=O)CC1. The Morgan fingerprint density at radius 1 is 1.22 bits per heavy atom. The van der Waals surface area contributed by atoms with Crippen molar-refractivity contribution in [3.05, 3.63) is 28.8 Å². The molecule has 0 unspecified atom stereocenters. The number of hydrogen-bond donors (Lipinski definition) is 2. The molecule has 1 aliphatic heterocycles. The second-order valence-corrected chi connectivity index (χ2v) is 5.80. The Balaban J connectivity index is 1.86. The van der Waals surface area contributed by atoms with E-state index < -0.39 is 0 Å². The van der Waals surface area contributed by atoms with Gasteiger partial charge < -0.3 is 11.1 Å². The molecule has 1 aliphatic rings. The highest BCUT2D eigenvalue weighted by Gasteiger charge is 2.20. The molecule has 2 rings (SSSR count). The number of anilines is 1. The summed E-state index contributed by atoms with van der Waals surface area (Å²) in [6.07, 6.45) is 0. The highest BCUT2D eigenvalue weighted by Crippen LogP contribution is 2.20. The lowest BCUT2D eigenvalue weighted by Gasteiger charge is -2.33. The third-order valence-electron chi connectivity index (χ3n) is 3.59. The van der Waals surface area contributed by atoms with Gasteiger partial charge in [-0.1, -0.05) is 11.6 Å². The second kappa shape index (κ2) is 7.92. The molecule has 1 heterocycles. The van der Waals surface area contributed by atoms with Crippen LogP contribution in [0, 0.1) is 11.3 Å². The molecule has 0 atom stereocenters. The van der Waals surface area contributed by atoms with Gasteiger partial charge in [0.25, 0.3) is 0 Å². The number of nitrogens with one attached hydrogen (secondary N) is 1. The maximum atomic E-state index is 12.1. The van der Waals surface area contributed by atoms with Gasteiger partial charge in [-0.05, 0) is 18.2 Å². The van der Waals surface area contributed by atoms with Gasteiger partial charge in [0.15, 0.2) is 0 Å². The molecule has 0 radical (unpaired) electrons. The predicted molar refractivity (Wildman–Crippen MR) is 86.9 cm³/mol. The largest absolute Gasteiger partial charge is 0.369 e. The summed E-state index contributed by atoms with van der Waals surface area (Å²) in [4.78, 5) is 27.0. The smallest absolute Gasteiger partial charge is 0.238 e. The maximum Gasteiger partial charge on any atom is 0.238 e. The zero-order valence-electron chi connectivity index (χ0n) is 12.6. The van der Waals surface area contributed by atoms with E-state index in [1.165, 1.54) is 0 Å². The molecule has 3 N–H and O–H groups in total. The first-order valence-electron chi connectivity index (χ1n) is 7.20. The highest BCUT2D eigenvalue weighted by atomic mass is 35.5. The third kappa shape index (κ3) is 5.21. The number of nitrogens with zero attached hydrogens (tertiary/aromatic N) is 3. The lowest BCUT2D eigenvalue weighted by atomic mass is 10.2. The summed E-state index contributed by atoms with van der Waals surface area (Å²) in [5.41, 5.74) is 5.95. The van der Waals surface area contributed by atoms with Gasteiger partial charge in [0.05, 0.1) is 24.3 Å². The quantitative estimate of drug-likeness (QED) is 0.803. The van der Waals surface area contributed by atoms with Crippen LogP contribution in [0.1, 0.15) is 5.56 Å². The van der Waals surface area contributed by atoms with E-state index in [4.69, 9.17) is 22.6 Å². The number of halogens is 1. The molecule has 8 heteroatoms. The van der Waals surface area contributed by atoms with E-state index in [2.05, 4.69) is 5.32 Å². The van der Waals surface area contributed by atoms with Crippen molar-refractivity contribution in [2.24, 2.45) is 5.73 Å². The number of primary amides is 1. The van der Waals surface area contributed by atoms with Crippen molar-refractivity contribution in [1.29, 1.82) is 5.26 Å².